The summed E-state index contributed by atoms with van der Waals surface area (Å²) in [5, 5.41) is 7.92. The Morgan fingerprint density at radius 1 is 1.35 bits per heavy atom. The lowest BCUT2D eigenvalue weighted by Crippen LogP contribution is -2.18. The lowest BCUT2D eigenvalue weighted by molar-refractivity contribution is 0.582. The smallest absolute Gasteiger partial charge is 0.129 e. The summed E-state index contributed by atoms with van der Waals surface area (Å²) in [4.78, 5) is 0. The molecule has 106 valence electrons. The van der Waals surface area contributed by atoms with E-state index in [4.69, 9.17) is 0 Å². The molecule has 4 heteroatoms. The Kier molecular flexibility index (Phi) is 3.57. The van der Waals surface area contributed by atoms with E-state index in [1.54, 1.807) is 10.7 Å². The lowest BCUT2D eigenvalue weighted by Gasteiger charge is -2.11. The molecule has 0 bridgehead atoms. The van der Waals surface area contributed by atoms with Crippen LogP contribution in [-0.4, -0.2) is 15.8 Å². The molecule has 1 aromatic heterocycles. The van der Waals surface area contributed by atoms with Gasteiger partial charge in [-0.05, 0) is 37.0 Å². The Balaban J connectivity index is 1.91. The van der Waals surface area contributed by atoms with Gasteiger partial charge in [0, 0.05) is 24.3 Å². The number of nitrogens with zero attached hydrogens (tertiary/aromatic N) is 2. The van der Waals surface area contributed by atoms with Gasteiger partial charge in [0.05, 0.1) is 11.4 Å². The van der Waals surface area contributed by atoms with Crippen molar-refractivity contribution in [3.05, 3.63) is 47.5 Å². The van der Waals surface area contributed by atoms with Crippen molar-refractivity contribution < 1.29 is 4.39 Å². The van der Waals surface area contributed by atoms with Gasteiger partial charge in [-0.25, -0.2) is 9.07 Å². The summed E-state index contributed by atoms with van der Waals surface area (Å²) in [6.45, 7) is 4.77. The fraction of sp³-hybridized carbons (Fsp3) is 0.438. The zero-order chi connectivity index (χ0) is 14.1. The number of benzene rings is 1. The molecule has 20 heavy (non-hydrogen) atoms. The third-order valence-corrected chi connectivity index (χ3v) is 3.69. The van der Waals surface area contributed by atoms with Crippen LogP contribution in [0.3, 0.4) is 0 Å². The summed E-state index contributed by atoms with van der Waals surface area (Å²) < 4.78 is 15.9. The largest absolute Gasteiger partial charge is 0.310 e. The molecule has 0 unspecified atom stereocenters. The predicted octanol–water partition coefficient (Wildman–Crippen LogP) is 3.39. The first-order valence-corrected chi connectivity index (χ1v) is 7.22. The molecular weight excluding hydrogens is 253 g/mol. The topological polar surface area (TPSA) is 29.9 Å². The minimum absolute atomic E-state index is 0.169. The standard InChI is InChI=1S/C16H20FN3/c1-11(2)15-8-9-20(19-15)16-5-3-4-14(17)13(16)10-18-12-6-7-12/h3-5,8-9,11-12,18H,6-7,10H2,1-2H3. The van der Waals surface area contributed by atoms with Gasteiger partial charge in [-0.3, -0.25) is 0 Å². The quantitative estimate of drug-likeness (QED) is 0.905. The SMILES string of the molecule is CC(C)c1ccn(-c2cccc(F)c2CNC2CC2)n1. The maximum atomic E-state index is 14.1. The molecule has 1 N–H and O–H groups in total. The molecule has 0 atom stereocenters. The zero-order valence-corrected chi connectivity index (χ0v) is 11.9. The second kappa shape index (κ2) is 5.37. The van der Waals surface area contributed by atoms with Gasteiger partial charge in [0.1, 0.15) is 5.82 Å². The number of rotatable bonds is 5. The molecule has 1 saturated carbocycles. The maximum absolute atomic E-state index is 14.1. The van der Waals surface area contributed by atoms with Gasteiger partial charge in [0.15, 0.2) is 0 Å². The Labute approximate surface area is 118 Å². The molecule has 0 radical (unpaired) electrons. The van der Waals surface area contributed by atoms with Crippen molar-refractivity contribution in [1.29, 1.82) is 0 Å². The monoisotopic (exact) mass is 273 g/mol. The van der Waals surface area contributed by atoms with Crippen LogP contribution in [0.2, 0.25) is 0 Å². The Morgan fingerprint density at radius 2 is 2.15 bits per heavy atom. The van der Waals surface area contributed by atoms with Crippen molar-refractivity contribution in [2.75, 3.05) is 0 Å². The van der Waals surface area contributed by atoms with Crippen molar-refractivity contribution in [2.45, 2.75) is 45.2 Å². The first-order chi connectivity index (χ1) is 9.65. The van der Waals surface area contributed by atoms with Crippen LogP contribution in [0.15, 0.2) is 30.5 Å². The zero-order valence-electron chi connectivity index (χ0n) is 11.9. The molecule has 1 aliphatic rings. The van der Waals surface area contributed by atoms with Crippen LogP contribution >= 0.6 is 0 Å². The molecule has 0 saturated heterocycles. The average Bonchev–Trinajstić information content (AvgIpc) is 3.11. The highest BCUT2D eigenvalue weighted by Crippen LogP contribution is 2.23. The Morgan fingerprint density at radius 3 is 2.80 bits per heavy atom. The highest BCUT2D eigenvalue weighted by molar-refractivity contribution is 5.41. The molecule has 1 aliphatic carbocycles. The average molecular weight is 273 g/mol. The van der Waals surface area contributed by atoms with Gasteiger partial charge in [-0.1, -0.05) is 19.9 Å². The summed E-state index contributed by atoms with van der Waals surface area (Å²) in [6, 6.07) is 7.73. The van der Waals surface area contributed by atoms with Crippen LogP contribution in [0.25, 0.3) is 5.69 Å². The second-order valence-electron chi connectivity index (χ2n) is 5.73. The summed E-state index contributed by atoms with van der Waals surface area (Å²) in [5.74, 6) is 0.204. The number of halogens is 1. The van der Waals surface area contributed by atoms with Crippen molar-refractivity contribution in [3.8, 4) is 5.69 Å². The van der Waals surface area contributed by atoms with Crippen LogP contribution in [0.4, 0.5) is 4.39 Å². The van der Waals surface area contributed by atoms with E-state index in [9.17, 15) is 4.39 Å². The van der Waals surface area contributed by atoms with Gasteiger partial charge < -0.3 is 5.32 Å². The Hall–Kier alpha value is -1.68. The van der Waals surface area contributed by atoms with Crippen LogP contribution in [0.1, 0.15) is 43.9 Å². The van der Waals surface area contributed by atoms with Crippen molar-refractivity contribution in [2.24, 2.45) is 0 Å². The molecule has 1 heterocycles. The highest BCUT2D eigenvalue weighted by Gasteiger charge is 2.21. The van der Waals surface area contributed by atoms with E-state index in [0.29, 0.717) is 24.1 Å². The third kappa shape index (κ3) is 2.75. The fourth-order valence-electron chi connectivity index (χ4n) is 2.25. The normalized spacial score (nSPS) is 15.0. The summed E-state index contributed by atoms with van der Waals surface area (Å²) in [5.41, 5.74) is 2.54. The van der Waals surface area contributed by atoms with E-state index >= 15 is 0 Å². The van der Waals surface area contributed by atoms with Crippen LogP contribution < -0.4 is 5.32 Å². The molecule has 0 amide bonds. The molecular formula is C16H20FN3. The highest BCUT2D eigenvalue weighted by atomic mass is 19.1. The lowest BCUT2D eigenvalue weighted by atomic mass is 10.1. The number of hydrogen-bond donors (Lipinski definition) is 1. The third-order valence-electron chi connectivity index (χ3n) is 3.69. The van der Waals surface area contributed by atoms with Crippen LogP contribution in [0, 0.1) is 5.82 Å². The van der Waals surface area contributed by atoms with Gasteiger partial charge in [-0.2, -0.15) is 5.10 Å². The number of aromatic nitrogens is 2. The molecule has 1 fully saturated rings. The van der Waals surface area contributed by atoms with Crippen LogP contribution in [0.5, 0.6) is 0 Å². The van der Waals surface area contributed by atoms with Crippen molar-refractivity contribution in [1.82, 2.24) is 15.1 Å². The van der Waals surface area contributed by atoms with E-state index in [0.717, 1.165) is 11.4 Å². The van der Waals surface area contributed by atoms with E-state index < -0.39 is 0 Å². The molecule has 3 rings (SSSR count). The summed E-state index contributed by atoms with van der Waals surface area (Å²) in [7, 11) is 0. The van der Waals surface area contributed by atoms with Gasteiger partial charge in [0.2, 0.25) is 0 Å². The minimum atomic E-state index is -0.169. The molecule has 2 aromatic rings. The number of hydrogen-bond acceptors (Lipinski definition) is 2. The van der Waals surface area contributed by atoms with Gasteiger partial charge >= 0.3 is 0 Å². The molecule has 3 nitrogen and oxygen atoms in total. The summed E-state index contributed by atoms with van der Waals surface area (Å²) >= 11 is 0. The van der Waals surface area contributed by atoms with E-state index in [-0.39, 0.29) is 5.82 Å². The maximum Gasteiger partial charge on any atom is 0.129 e. The first kappa shape index (κ1) is 13.3. The molecule has 0 aliphatic heterocycles. The van der Waals surface area contributed by atoms with Crippen molar-refractivity contribution >= 4 is 0 Å². The molecule has 1 aromatic carbocycles. The summed E-state index contributed by atoms with van der Waals surface area (Å²) in [6.07, 6.45) is 4.30. The Bertz CT molecular complexity index is 600. The minimum Gasteiger partial charge on any atom is -0.310 e. The second-order valence-corrected chi connectivity index (χ2v) is 5.73. The number of nitrogens with one attached hydrogen (secondary N) is 1. The fourth-order valence-corrected chi connectivity index (χ4v) is 2.25. The van der Waals surface area contributed by atoms with E-state index in [1.165, 1.54) is 18.9 Å². The predicted molar refractivity (Wildman–Crippen MR) is 77.5 cm³/mol. The van der Waals surface area contributed by atoms with Gasteiger partial charge in [-0.15, -0.1) is 0 Å². The first-order valence-electron chi connectivity index (χ1n) is 7.22. The van der Waals surface area contributed by atoms with E-state index in [1.807, 2.05) is 18.3 Å². The van der Waals surface area contributed by atoms with E-state index in [2.05, 4.69) is 24.3 Å². The van der Waals surface area contributed by atoms with Crippen molar-refractivity contribution in [3.63, 3.8) is 0 Å². The van der Waals surface area contributed by atoms with Crippen LogP contribution in [-0.2, 0) is 6.54 Å². The van der Waals surface area contributed by atoms with Gasteiger partial charge in [0.25, 0.3) is 0 Å². The molecule has 0 spiro atoms.